The van der Waals surface area contributed by atoms with E-state index < -0.39 is 40.9 Å². The van der Waals surface area contributed by atoms with Gasteiger partial charge in [0.05, 0.1) is 12.2 Å². The predicted octanol–water partition coefficient (Wildman–Crippen LogP) is 0.735. The van der Waals surface area contributed by atoms with Crippen molar-refractivity contribution in [3.05, 3.63) is 34.9 Å². The Labute approximate surface area is 107 Å². The molecule has 1 aromatic rings. The second kappa shape index (κ2) is 6.35. The summed E-state index contributed by atoms with van der Waals surface area (Å²) >= 11 is 0. The van der Waals surface area contributed by atoms with E-state index in [0.29, 0.717) is 0 Å². The first-order chi connectivity index (χ1) is 8.93. The molecule has 0 aromatic heterocycles. The molecule has 0 heterocycles. The Morgan fingerprint density at radius 2 is 2.05 bits per heavy atom. The molecule has 2 atom stereocenters. The van der Waals surface area contributed by atoms with Crippen LogP contribution in [0.3, 0.4) is 0 Å². The first-order valence-corrected chi connectivity index (χ1v) is 5.39. The summed E-state index contributed by atoms with van der Waals surface area (Å²) in [5.74, 6) is -3.58. The molecule has 0 bridgehead atoms. The molecule has 1 aromatic carbocycles. The van der Waals surface area contributed by atoms with Crippen LogP contribution in [0.1, 0.15) is 28.9 Å². The van der Waals surface area contributed by atoms with Gasteiger partial charge in [0.25, 0.3) is 0 Å². The third kappa shape index (κ3) is 3.12. The summed E-state index contributed by atoms with van der Waals surface area (Å²) in [4.78, 5) is 21.7. The summed E-state index contributed by atoms with van der Waals surface area (Å²) in [6, 6.07) is 1.59. The molecule has 0 saturated carbocycles. The summed E-state index contributed by atoms with van der Waals surface area (Å²) < 4.78 is 31.2. The summed E-state index contributed by atoms with van der Waals surface area (Å²) in [5.41, 5.74) is -1.45. The molecule has 2 N–H and O–H groups in total. The van der Waals surface area contributed by atoms with Crippen molar-refractivity contribution >= 4 is 12.3 Å². The van der Waals surface area contributed by atoms with Crippen LogP contribution in [0, 0.1) is 11.6 Å². The number of ether oxygens (including phenoxy) is 1. The summed E-state index contributed by atoms with van der Waals surface area (Å²) in [6.45, 7) is 1.45. The lowest BCUT2D eigenvalue weighted by Crippen LogP contribution is -2.30. The Hall–Kier alpha value is -1.86. The van der Waals surface area contributed by atoms with E-state index in [9.17, 15) is 28.6 Å². The van der Waals surface area contributed by atoms with Gasteiger partial charge in [-0.25, -0.2) is 13.6 Å². The zero-order valence-corrected chi connectivity index (χ0v) is 9.97. The van der Waals surface area contributed by atoms with E-state index >= 15 is 0 Å². The number of halogens is 2. The molecule has 0 aliphatic rings. The zero-order valence-electron chi connectivity index (χ0n) is 9.97. The Morgan fingerprint density at radius 3 is 2.58 bits per heavy atom. The molecule has 0 aliphatic carbocycles. The maximum Gasteiger partial charge on any atom is 0.338 e. The molecule has 104 valence electrons. The van der Waals surface area contributed by atoms with Crippen LogP contribution >= 0.6 is 0 Å². The van der Waals surface area contributed by atoms with Crippen LogP contribution in [-0.2, 0) is 9.53 Å². The molecule has 0 amide bonds. The van der Waals surface area contributed by atoms with Gasteiger partial charge in [0.15, 0.2) is 12.4 Å². The van der Waals surface area contributed by atoms with Crippen molar-refractivity contribution in [2.75, 3.05) is 6.61 Å². The van der Waals surface area contributed by atoms with Gasteiger partial charge in [0.1, 0.15) is 17.7 Å². The lowest BCUT2D eigenvalue weighted by atomic mass is 10.0. The van der Waals surface area contributed by atoms with E-state index in [0.717, 1.165) is 12.1 Å². The molecule has 1 rings (SSSR count). The van der Waals surface area contributed by atoms with Gasteiger partial charge >= 0.3 is 5.97 Å². The molecule has 0 radical (unpaired) electrons. The van der Waals surface area contributed by atoms with E-state index in [4.69, 9.17) is 0 Å². The van der Waals surface area contributed by atoms with E-state index in [1.165, 1.54) is 6.92 Å². The lowest BCUT2D eigenvalue weighted by molar-refractivity contribution is -0.159. The Bertz CT molecular complexity index is 489. The second-order valence-electron chi connectivity index (χ2n) is 3.62. The molecular formula is C12H12F2O5. The van der Waals surface area contributed by atoms with Gasteiger partial charge in [-0.1, -0.05) is 6.07 Å². The normalized spacial score (nSPS) is 13.7. The average Bonchev–Trinajstić information content (AvgIpc) is 2.38. The predicted molar refractivity (Wildman–Crippen MR) is 59.3 cm³/mol. The number of carbonyl (C=O) groups excluding carboxylic acids is 2. The minimum Gasteiger partial charge on any atom is -0.464 e. The second-order valence-corrected chi connectivity index (χ2v) is 3.62. The van der Waals surface area contributed by atoms with E-state index in [2.05, 4.69) is 4.74 Å². The molecule has 2 unspecified atom stereocenters. The monoisotopic (exact) mass is 274 g/mol. The highest BCUT2D eigenvalue weighted by Crippen LogP contribution is 2.24. The van der Waals surface area contributed by atoms with Gasteiger partial charge in [-0.05, 0) is 13.0 Å². The number of hydrogen-bond acceptors (Lipinski definition) is 5. The highest BCUT2D eigenvalue weighted by Gasteiger charge is 2.30. The fourth-order valence-electron chi connectivity index (χ4n) is 1.45. The molecule has 0 fully saturated rings. The number of hydrogen-bond donors (Lipinski definition) is 2. The minimum atomic E-state index is -2.03. The van der Waals surface area contributed by atoms with Gasteiger partial charge < -0.3 is 14.9 Å². The quantitative estimate of drug-likeness (QED) is 0.611. The van der Waals surface area contributed by atoms with Crippen LogP contribution in [0.2, 0.25) is 0 Å². The maximum atomic E-state index is 13.7. The third-order valence-corrected chi connectivity index (χ3v) is 2.42. The number of carbonyl (C=O) groups is 2. The topological polar surface area (TPSA) is 83.8 Å². The number of benzene rings is 1. The van der Waals surface area contributed by atoms with Gasteiger partial charge in [-0.15, -0.1) is 0 Å². The van der Waals surface area contributed by atoms with Gasteiger partial charge in [0, 0.05) is 5.56 Å². The van der Waals surface area contributed by atoms with Crippen LogP contribution in [0.25, 0.3) is 0 Å². The molecule has 7 heteroatoms. The molecular weight excluding hydrogens is 262 g/mol. The first-order valence-electron chi connectivity index (χ1n) is 5.39. The minimum absolute atomic E-state index is 0.0336. The number of rotatable bonds is 5. The van der Waals surface area contributed by atoms with Crippen molar-refractivity contribution in [2.24, 2.45) is 0 Å². The molecule has 19 heavy (non-hydrogen) atoms. The highest BCUT2D eigenvalue weighted by molar-refractivity contribution is 5.77. The van der Waals surface area contributed by atoms with Crippen LogP contribution in [0.4, 0.5) is 8.78 Å². The van der Waals surface area contributed by atoms with E-state index in [1.54, 1.807) is 0 Å². The zero-order chi connectivity index (χ0) is 14.6. The van der Waals surface area contributed by atoms with Crippen LogP contribution in [0.15, 0.2) is 12.1 Å². The SMILES string of the molecule is CCOC(=O)C(O)C(O)c1ccc(F)c(C=O)c1F. The Morgan fingerprint density at radius 1 is 1.42 bits per heavy atom. The largest absolute Gasteiger partial charge is 0.464 e. The number of aliphatic hydroxyl groups is 2. The van der Waals surface area contributed by atoms with Gasteiger partial charge in [-0.3, -0.25) is 4.79 Å². The van der Waals surface area contributed by atoms with Crippen molar-refractivity contribution in [1.82, 2.24) is 0 Å². The van der Waals surface area contributed by atoms with Crippen molar-refractivity contribution in [2.45, 2.75) is 19.1 Å². The van der Waals surface area contributed by atoms with E-state index in [-0.39, 0.29) is 12.9 Å². The van der Waals surface area contributed by atoms with Crippen LogP contribution in [-0.4, -0.2) is 35.2 Å². The first kappa shape index (κ1) is 15.2. The fourth-order valence-corrected chi connectivity index (χ4v) is 1.45. The summed E-state index contributed by atoms with van der Waals surface area (Å²) in [7, 11) is 0. The highest BCUT2D eigenvalue weighted by atomic mass is 19.1. The lowest BCUT2D eigenvalue weighted by Gasteiger charge is -2.17. The third-order valence-electron chi connectivity index (χ3n) is 2.42. The van der Waals surface area contributed by atoms with Crippen molar-refractivity contribution in [1.29, 1.82) is 0 Å². The number of aldehydes is 1. The Kier molecular flexibility index (Phi) is 5.08. The summed E-state index contributed by atoms with van der Waals surface area (Å²) in [5, 5.41) is 19.1. The van der Waals surface area contributed by atoms with Crippen molar-refractivity contribution < 1.29 is 33.3 Å². The average molecular weight is 274 g/mol. The smallest absolute Gasteiger partial charge is 0.338 e. The molecule has 0 aliphatic heterocycles. The standard InChI is InChI=1S/C12H12F2O5/c1-2-19-12(18)11(17)10(16)6-3-4-8(13)7(5-15)9(6)14/h3-5,10-11,16-17H,2H2,1H3. The molecule has 0 saturated heterocycles. The molecule has 0 spiro atoms. The van der Waals surface area contributed by atoms with E-state index in [1.807, 2.05) is 0 Å². The summed E-state index contributed by atoms with van der Waals surface area (Å²) in [6.07, 6.45) is -4.05. The number of aliphatic hydroxyl groups excluding tert-OH is 2. The van der Waals surface area contributed by atoms with Gasteiger partial charge in [0.2, 0.25) is 0 Å². The van der Waals surface area contributed by atoms with Crippen LogP contribution < -0.4 is 0 Å². The molecule has 5 nitrogen and oxygen atoms in total. The van der Waals surface area contributed by atoms with Gasteiger partial charge in [-0.2, -0.15) is 0 Å². The van der Waals surface area contributed by atoms with Crippen molar-refractivity contribution in [3.63, 3.8) is 0 Å². The fraction of sp³-hybridized carbons (Fsp3) is 0.333. The number of esters is 1. The maximum absolute atomic E-state index is 13.7. The Balaban J connectivity index is 3.09. The van der Waals surface area contributed by atoms with Crippen molar-refractivity contribution in [3.8, 4) is 0 Å². The van der Waals surface area contributed by atoms with Crippen LogP contribution in [0.5, 0.6) is 0 Å².